The standard InChI is InChI=1S/C15H13F4NO/c16-12-6-10(8-20)7-13(17)14(12)21-9-15(18,19)11-4-2-1-3-5-11/h1-7H,8-9,20H2. The van der Waals surface area contributed by atoms with Crippen LogP contribution in [0, 0.1) is 11.6 Å². The topological polar surface area (TPSA) is 35.2 Å². The minimum atomic E-state index is -3.35. The fourth-order valence-corrected chi connectivity index (χ4v) is 1.80. The van der Waals surface area contributed by atoms with Crippen LogP contribution in [0.3, 0.4) is 0 Å². The Morgan fingerprint density at radius 3 is 2.10 bits per heavy atom. The van der Waals surface area contributed by atoms with Crippen LogP contribution >= 0.6 is 0 Å². The molecule has 0 atom stereocenters. The van der Waals surface area contributed by atoms with E-state index in [0.29, 0.717) is 0 Å². The molecule has 2 aromatic rings. The number of nitrogens with two attached hydrogens (primary N) is 1. The predicted molar refractivity (Wildman–Crippen MR) is 70.1 cm³/mol. The van der Waals surface area contributed by atoms with Crippen LogP contribution in [-0.2, 0) is 12.5 Å². The van der Waals surface area contributed by atoms with Crippen molar-refractivity contribution < 1.29 is 22.3 Å². The second-order valence-corrected chi connectivity index (χ2v) is 4.45. The summed E-state index contributed by atoms with van der Waals surface area (Å²) in [6.07, 6.45) is 0. The molecule has 6 heteroatoms. The van der Waals surface area contributed by atoms with Crippen LogP contribution in [0.5, 0.6) is 5.75 Å². The number of rotatable bonds is 5. The van der Waals surface area contributed by atoms with Gasteiger partial charge in [0.2, 0.25) is 0 Å². The van der Waals surface area contributed by atoms with Crippen molar-refractivity contribution in [2.45, 2.75) is 12.5 Å². The summed E-state index contributed by atoms with van der Waals surface area (Å²) >= 11 is 0. The maximum atomic E-state index is 13.9. The first-order valence-corrected chi connectivity index (χ1v) is 6.18. The van der Waals surface area contributed by atoms with Crippen molar-refractivity contribution >= 4 is 0 Å². The van der Waals surface area contributed by atoms with Crippen LogP contribution < -0.4 is 10.5 Å². The fraction of sp³-hybridized carbons (Fsp3) is 0.200. The summed E-state index contributed by atoms with van der Waals surface area (Å²) in [4.78, 5) is 0. The molecule has 0 aromatic heterocycles. The number of alkyl halides is 2. The van der Waals surface area contributed by atoms with Crippen LogP contribution in [0.2, 0.25) is 0 Å². The SMILES string of the molecule is NCc1cc(F)c(OCC(F)(F)c2ccccc2)c(F)c1. The van der Waals surface area contributed by atoms with E-state index in [4.69, 9.17) is 5.73 Å². The quantitative estimate of drug-likeness (QED) is 0.856. The molecule has 0 bridgehead atoms. The van der Waals surface area contributed by atoms with Crippen LogP contribution in [0.25, 0.3) is 0 Å². The van der Waals surface area contributed by atoms with Gasteiger partial charge in [0, 0.05) is 12.1 Å². The molecule has 0 fully saturated rings. The monoisotopic (exact) mass is 299 g/mol. The largest absolute Gasteiger partial charge is 0.481 e. The van der Waals surface area contributed by atoms with Gasteiger partial charge in [0.1, 0.15) is 0 Å². The molecular formula is C15H13F4NO. The van der Waals surface area contributed by atoms with E-state index in [1.807, 2.05) is 0 Å². The minimum absolute atomic E-state index is 0.0612. The Labute approximate surface area is 119 Å². The Kier molecular flexibility index (Phi) is 4.47. The van der Waals surface area contributed by atoms with E-state index < -0.39 is 29.9 Å². The zero-order chi connectivity index (χ0) is 15.5. The Morgan fingerprint density at radius 1 is 1.00 bits per heavy atom. The van der Waals surface area contributed by atoms with E-state index in [0.717, 1.165) is 12.1 Å². The Hall–Kier alpha value is -2.08. The van der Waals surface area contributed by atoms with Crippen molar-refractivity contribution in [1.29, 1.82) is 0 Å². The molecule has 0 saturated heterocycles. The molecule has 112 valence electrons. The lowest BCUT2D eigenvalue weighted by Gasteiger charge is -2.18. The first kappa shape index (κ1) is 15.3. The number of hydrogen-bond acceptors (Lipinski definition) is 2. The van der Waals surface area contributed by atoms with Gasteiger partial charge in [-0.05, 0) is 17.7 Å². The summed E-state index contributed by atoms with van der Waals surface area (Å²) in [5.41, 5.74) is 5.19. The van der Waals surface area contributed by atoms with Gasteiger partial charge >= 0.3 is 5.92 Å². The highest BCUT2D eigenvalue weighted by Crippen LogP contribution is 2.30. The second-order valence-electron chi connectivity index (χ2n) is 4.45. The molecule has 0 heterocycles. The zero-order valence-corrected chi connectivity index (χ0v) is 11.0. The molecule has 2 aromatic carbocycles. The van der Waals surface area contributed by atoms with Crippen molar-refractivity contribution in [2.24, 2.45) is 5.73 Å². The molecule has 0 aliphatic rings. The molecule has 21 heavy (non-hydrogen) atoms. The Morgan fingerprint density at radius 2 is 1.57 bits per heavy atom. The lowest BCUT2D eigenvalue weighted by molar-refractivity contribution is -0.0484. The van der Waals surface area contributed by atoms with Crippen LogP contribution in [0.15, 0.2) is 42.5 Å². The van der Waals surface area contributed by atoms with Gasteiger partial charge in [-0.1, -0.05) is 30.3 Å². The van der Waals surface area contributed by atoms with E-state index in [2.05, 4.69) is 4.74 Å². The molecular weight excluding hydrogens is 286 g/mol. The summed E-state index contributed by atoms with van der Waals surface area (Å²) in [5, 5.41) is 0. The van der Waals surface area contributed by atoms with Crippen LogP contribution in [-0.4, -0.2) is 6.61 Å². The van der Waals surface area contributed by atoms with Crippen molar-refractivity contribution in [2.75, 3.05) is 6.61 Å². The molecule has 0 aliphatic heterocycles. The molecule has 0 unspecified atom stereocenters. The van der Waals surface area contributed by atoms with Gasteiger partial charge in [-0.25, -0.2) is 8.78 Å². The molecule has 0 saturated carbocycles. The molecule has 0 radical (unpaired) electrons. The van der Waals surface area contributed by atoms with Gasteiger partial charge in [-0.15, -0.1) is 0 Å². The number of halogens is 4. The maximum absolute atomic E-state index is 13.9. The van der Waals surface area contributed by atoms with Crippen LogP contribution in [0.1, 0.15) is 11.1 Å². The first-order chi connectivity index (χ1) is 9.94. The van der Waals surface area contributed by atoms with Crippen molar-refractivity contribution in [3.05, 3.63) is 65.2 Å². The van der Waals surface area contributed by atoms with E-state index in [9.17, 15) is 17.6 Å². The van der Waals surface area contributed by atoms with Gasteiger partial charge in [0.15, 0.2) is 24.0 Å². The van der Waals surface area contributed by atoms with Gasteiger partial charge in [-0.3, -0.25) is 0 Å². The average Bonchev–Trinajstić information content (AvgIpc) is 2.47. The first-order valence-electron chi connectivity index (χ1n) is 6.18. The summed E-state index contributed by atoms with van der Waals surface area (Å²) in [5.74, 6) is -6.30. The van der Waals surface area contributed by atoms with Gasteiger partial charge < -0.3 is 10.5 Å². The van der Waals surface area contributed by atoms with E-state index in [1.165, 1.54) is 24.3 Å². The lowest BCUT2D eigenvalue weighted by atomic mass is 10.1. The highest BCUT2D eigenvalue weighted by Gasteiger charge is 2.33. The molecule has 2 N–H and O–H groups in total. The fourth-order valence-electron chi connectivity index (χ4n) is 1.80. The lowest BCUT2D eigenvalue weighted by Crippen LogP contribution is -2.23. The second kappa shape index (κ2) is 6.13. The summed E-state index contributed by atoms with van der Waals surface area (Å²) in [7, 11) is 0. The van der Waals surface area contributed by atoms with Gasteiger partial charge in [-0.2, -0.15) is 8.78 Å². The predicted octanol–water partition coefficient (Wildman–Crippen LogP) is 3.59. The van der Waals surface area contributed by atoms with Gasteiger partial charge in [0.25, 0.3) is 0 Å². The van der Waals surface area contributed by atoms with E-state index >= 15 is 0 Å². The van der Waals surface area contributed by atoms with Crippen molar-refractivity contribution in [3.8, 4) is 5.75 Å². The molecule has 0 aliphatic carbocycles. The maximum Gasteiger partial charge on any atom is 0.306 e. The summed E-state index contributed by atoms with van der Waals surface area (Å²) in [6, 6.07) is 8.82. The molecule has 0 amide bonds. The van der Waals surface area contributed by atoms with E-state index in [1.54, 1.807) is 6.07 Å². The van der Waals surface area contributed by atoms with Crippen molar-refractivity contribution in [3.63, 3.8) is 0 Å². The smallest absolute Gasteiger partial charge is 0.306 e. The van der Waals surface area contributed by atoms with Gasteiger partial charge in [0.05, 0.1) is 0 Å². The van der Waals surface area contributed by atoms with E-state index in [-0.39, 0.29) is 17.7 Å². The van der Waals surface area contributed by atoms with Crippen molar-refractivity contribution in [1.82, 2.24) is 0 Å². The average molecular weight is 299 g/mol. The third-order valence-corrected chi connectivity index (χ3v) is 2.89. The highest BCUT2D eigenvalue weighted by molar-refractivity contribution is 5.31. The number of benzene rings is 2. The normalized spacial score (nSPS) is 11.5. The molecule has 0 spiro atoms. The number of ether oxygens (including phenoxy) is 1. The molecule has 2 nitrogen and oxygen atoms in total. The number of hydrogen-bond donors (Lipinski definition) is 1. The minimum Gasteiger partial charge on any atom is -0.481 e. The van der Waals surface area contributed by atoms with Crippen LogP contribution in [0.4, 0.5) is 17.6 Å². The third kappa shape index (κ3) is 3.52. The third-order valence-electron chi connectivity index (χ3n) is 2.89. The highest BCUT2D eigenvalue weighted by atomic mass is 19.3. The molecule has 2 rings (SSSR count). The summed E-state index contributed by atoms with van der Waals surface area (Å²) in [6.45, 7) is -1.22. The Balaban J connectivity index is 2.17. The summed E-state index contributed by atoms with van der Waals surface area (Å²) < 4.78 is 59.6. The Bertz CT molecular complexity index is 593. The zero-order valence-electron chi connectivity index (χ0n) is 11.0.